The van der Waals surface area contributed by atoms with Crippen molar-refractivity contribution in [2.75, 3.05) is 24.2 Å². The van der Waals surface area contributed by atoms with Gasteiger partial charge in [0.1, 0.15) is 18.3 Å². The third kappa shape index (κ3) is 7.51. The Morgan fingerprint density at radius 3 is 2.22 bits per heavy atom. The number of rotatable bonds is 11. The molecular formula is C25H33Cl2N3O5S. The summed E-state index contributed by atoms with van der Waals surface area (Å²) in [6.45, 7) is 6.58. The average Bonchev–Trinajstić information content (AvgIpc) is 2.77. The molecular weight excluding hydrogens is 525 g/mol. The van der Waals surface area contributed by atoms with Gasteiger partial charge >= 0.3 is 0 Å². The van der Waals surface area contributed by atoms with Crippen LogP contribution in [0.1, 0.15) is 38.3 Å². The van der Waals surface area contributed by atoms with E-state index in [-0.39, 0.29) is 24.2 Å². The fourth-order valence-corrected chi connectivity index (χ4v) is 5.11. The van der Waals surface area contributed by atoms with Crippen molar-refractivity contribution in [1.82, 2.24) is 10.2 Å². The van der Waals surface area contributed by atoms with Gasteiger partial charge in [0.05, 0.1) is 19.1 Å². The Balaban J connectivity index is 2.57. The van der Waals surface area contributed by atoms with Crippen LogP contribution in [-0.2, 0) is 26.2 Å². The Kier molecular flexibility index (Phi) is 10.5. The first-order chi connectivity index (χ1) is 16.8. The number of sulfonamides is 1. The van der Waals surface area contributed by atoms with Gasteiger partial charge in [0, 0.05) is 28.2 Å². The Hall–Kier alpha value is -2.49. The molecule has 0 bridgehead atoms. The van der Waals surface area contributed by atoms with Crippen LogP contribution < -0.4 is 14.4 Å². The van der Waals surface area contributed by atoms with E-state index in [1.807, 2.05) is 13.8 Å². The highest BCUT2D eigenvalue weighted by Crippen LogP contribution is 2.32. The lowest BCUT2D eigenvalue weighted by Crippen LogP contribution is -2.53. The van der Waals surface area contributed by atoms with Crippen LogP contribution in [0, 0.1) is 6.92 Å². The predicted octanol–water partition coefficient (Wildman–Crippen LogP) is 4.41. The van der Waals surface area contributed by atoms with E-state index in [2.05, 4.69) is 5.32 Å². The smallest absolute Gasteiger partial charge is 0.244 e. The van der Waals surface area contributed by atoms with Gasteiger partial charge in [-0.05, 0) is 57.0 Å². The number of amides is 2. The summed E-state index contributed by atoms with van der Waals surface area (Å²) in [5.74, 6) is -0.655. The molecule has 0 aliphatic heterocycles. The maximum absolute atomic E-state index is 13.8. The largest absolute Gasteiger partial charge is 0.495 e. The molecule has 0 heterocycles. The number of anilines is 1. The minimum Gasteiger partial charge on any atom is -0.495 e. The third-order valence-corrected chi connectivity index (χ3v) is 7.32. The molecule has 0 saturated carbocycles. The molecule has 36 heavy (non-hydrogen) atoms. The minimum atomic E-state index is -3.90. The molecule has 8 nitrogen and oxygen atoms in total. The molecule has 0 fully saturated rings. The molecule has 0 aromatic heterocycles. The Morgan fingerprint density at radius 2 is 1.72 bits per heavy atom. The van der Waals surface area contributed by atoms with E-state index in [9.17, 15) is 18.0 Å². The average molecular weight is 559 g/mol. The summed E-state index contributed by atoms with van der Waals surface area (Å²) in [4.78, 5) is 28.2. The number of hydrogen-bond donors (Lipinski definition) is 1. The number of aryl methyl sites for hydroxylation is 1. The first-order valence-corrected chi connectivity index (χ1v) is 14.1. The fourth-order valence-electron chi connectivity index (χ4n) is 3.74. The molecule has 198 valence electrons. The summed E-state index contributed by atoms with van der Waals surface area (Å²) in [6.07, 6.45) is 1.30. The highest BCUT2D eigenvalue weighted by Gasteiger charge is 2.33. The second-order valence-corrected chi connectivity index (χ2v) is 11.5. The summed E-state index contributed by atoms with van der Waals surface area (Å²) in [7, 11) is -2.48. The van der Waals surface area contributed by atoms with Gasteiger partial charge in [0.15, 0.2) is 0 Å². The van der Waals surface area contributed by atoms with Crippen molar-refractivity contribution in [2.24, 2.45) is 0 Å². The van der Waals surface area contributed by atoms with Gasteiger partial charge in [-0.3, -0.25) is 13.9 Å². The molecule has 2 aromatic carbocycles. The van der Waals surface area contributed by atoms with E-state index in [1.54, 1.807) is 50.2 Å². The van der Waals surface area contributed by atoms with Crippen molar-refractivity contribution in [3.63, 3.8) is 0 Å². The maximum Gasteiger partial charge on any atom is 0.244 e. The first kappa shape index (κ1) is 29.7. The van der Waals surface area contributed by atoms with Gasteiger partial charge < -0.3 is 15.0 Å². The summed E-state index contributed by atoms with van der Waals surface area (Å²) in [5.41, 5.74) is 1.47. The topological polar surface area (TPSA) is 96.0 Å². The summed E-state index contributed by atoms with van der Waals surface area (Å²) >= 11 is 12.8. The molecule has 0 aliphatic rings. The van der Waals surface area contributed by atoms with E-state index in [0.717, 1.165) is 16.1 Å². The molecule has 0 aliphatic carbocycles. The van der Waals surface area contributed by atoms with E-state index < -0.39 is 28.5 Å². The number of carbonyl (C=O) groups is 2. The Bertz CT molecular complexity index is 1180. The van der Waals surface area contributed by atoms with Crippen LogP contribution in [0.3, 0.4) is 0 Å². The first-order valence-electron chi connectivity index (χ1n) is 11.4. The number of nitrogens with zero attached hydrogens (tertiary/aromatic N) is 2. The maximum atomic E-state index is 13.8. The van der Waals surface area contributed by atoms with Crippen molar-refractivity contribution < 1.29 is 22.7 Å². The molecule has 0 spiro atoms. The molecule has 2 rings (SSSR count). The molecule has 1 atom stereocenters. The standard InChI is InChI=1S/C25H33Cl2N3O5S/c1-7-21(25(32)28-16(2)3)29(14-18-19(26)9-8-10-20(18)27)24(31)15-30(36(6,33)34)22-13-17(4)11-12-23(22)35-5/h8-13,16,21H,7,14-15H2,1-6H3,(H,28,32). The second-order valence-electron chi connectivity index (χ2n) is 8.75. The van der Waals surface area contributed by atoms with E-state index in [4.69, 9.17) is 27.9 Å². The predicted molar refractivity (Wildman–Crippen MR) is 144 cm³/mol. The van der Waals surface area contributed by atoms with Gasteiger partial charge in [-0.1, -0.05) is 42.3 Å². The van der Waals surface area contributed by atoms with Crippen LogP contribution in [0.5, 0.6) is 5.75 Å². The minimum absolute atomic E-state index is 0.0794. The monoisotopic (exact) mass is 557 g/mol. The number of hydrogen-bond acceptors (Lipinski definition) is 5. The van der Waals surface area contributed by atoms with Crippen molar-refractivity contribution >= 4 is 50.7 Å². The molecule has 11 heteroatoms. The SMILES string of the molecule is CCC(C(=O)NC(C)C)N(Cc1c(Cl)cccc1Cl)C(=O)CN(c1cc(C)ccc1OC)S(C)(=O)=O. The van der Waals surface area contributed by atoms with Crippen molar-refractivity contribution in [3.8, 4) is 5.75 Å². The van der Waals surface area contributed by atoms with E-state index >= 15 is 0 Å². The highest BCUT2D eigenvalue weighted by molar-refractivity contribution is 7.92. The lowest BCUT2D eigenvalue weighted by atomic mass is 10.1. The number of carbonyl (C=O) groups excluding carboxylic acids is 2. The number of nitrogens with one attached hydrogen (secondary N) is 1. The van der Waals surface area contributed by atoms with Gasteiger partial charge in [-0.25, -0.2) is 8.42 Å². The van der Waals surface area contributed by atoms with Crippen molar-refractivity contribution in [1.29, 1.82) is 0 Å². The zero-order valence-corrected chi connectivity index (χ0v) is 23.7. The van der Waals surface area contributed by atoms with Crippen LogP contribution in [0.25, 0.3) is 0 Å². The van der Waals surface area contributed by atoms with E-state index in [1.165, 1.54) is 12.0 Å². The number of halogens is 2. The molecule has 0 radical (unpaired) electrons. The quantitative estimate of drug-likeness (QED) is 0.441. The number of benzene rings is 2. The third-order valence-electron chi connectivity index (χ3n) is 5.49. The van der Waals surface area contributed by atoms with Crippen LogP contribution in [0.2, 0.25) is 10.0 Å². The van der Waals surface area contributed by atoms with Crippen LogP contribution in [-0.4, -0.2) is 57.1 Å². The Morgan fingerprint density at radius 1 is 1.11 bits per heavy atom. The molecule has 0 saturated heterocycles. The van der Waals surface area contributed by atoms with E-state index in [0.29, 0.717) is 27.8 Å². The van der Waals surface area contributed by atoms with Gasteiger partial charge in [0.2, 0.25) is 21.8 Å². The number of methoxy groups -OCH3 is 1. The van der Waals surface area contributed by atoms with Crippen LogP contribution in [0.4, 0.5) is 5.69 Å². The van der Waals surface area contributed by atoms with Gasteiger partial charge in [0.25, 0.3) is 0 Å². The van der Waals surface area contributed by atoms with Gasteiger partial charge in [-0.2, -0.15) is 0 Å². The lowest BCUT2D eigenvalue weighted by Gasteiger charge is -2.33. The zero-order chi connectivity index (χ0) is 27.2. The normalized spacial score (nSPS) is 12.2. The van der Waals surface area contributed by atoms with Crippen molar-refractivity contribution in [3.05, 3.63) is 57.6 Å². The summed E-state index contributed by atoms with van der Waals surface area (Å²) in [5, 5.41) is 3.50. The van der Waals surface area contributed by atoms with Crippen LogP contribution in [0.15, 0.2) is 36.4 Å². The zero-order valence-electron chi connectivity index (χ0n) is 21.3. The molecule has 2 amide bonds. The molecule has 2 aromatic rings. The lowest BCUT2D eigenvalue weighted by molar-refractivity contribution is -0.140. The van der Waals surface area contributed by atoms with Crippen molar-refractivity contribution in [2.45, 2.75) is 52.7 Å². The Labute approximate surface area is 223 Å². The number of ether oxygens (including phenoxy) is 1. The fraction of sp³-hybridized carbons (Fsp3) is 0.440. The second kappa shape index (κ2) is 12.7. The molecule has 1 N–H and O–H groups in total. The highest BCUT2D eigenvalue weighted by atomic mass is 35.5. The summed E-state index contributed by atoms with van der Waals surface area (Å²) in [6, 6.07) is 8.97. The van der Waals surface area contributed by atoms with Gasteiger partial charge in [-0.15, -0.1) is 0 Å². The van der Waals surface area contributed by atoms with Crippen LogP contribution >= 0.6 is 23.2 Å². The summed E-state index contributed by atoms with van der Waals surface area (Å²) < 4.78 is 32.0. The molecule has 1 unspecified atom stereocenters.